The fraction of sp³-hybridized carbons (Fsp3) is 0.296. The summed E-state index contributed by atoms with van der Waals surface area (Å²) < 4.78 is 12.9. The van der Waals surface area contributed by atoms with Gasteiger partial charge in [0.05, 0.1) is 6.61 Å². The van der Waals surface area contributed by atoms with Crippen molar-refractivity contribution >= 4 is 24.7 Å². The highest BCUT2D eigenvalue weighted by Crippen LogP contribution is 2.37. The third-order valence-corrected chi connectivity index (χ3v) is 10.7. The first-order valence-corrected chi connectivity index (χ1v) is 13.0. The molecule has 1 atom stereocenters. The molecule has 0 bridgehead atoms. The molecule has 2 N–H and O–H groups in total. The highest BCUT2D eigenvalue weighted by Gasteiger charge is 2.50. The molecule has 33 heavy (non-hydrogen) atoms. The number of carbonyl (C=O) groups is 1. The maximum Gasteiger partial charge on any atom is 0.343 e. The predicted molar refractivity (Wildman–Crippen MR) is 133 cm³/mol. The number of aryl methyl sites for hydroxylation is 1. The van der Waals surface area contributed by atoms with Gasteiger partial charge < -0.3 is 19.4 Å². The first kappa shape index (κ1) is 24.5. The Balaban J connectivity index is 1.97. The van der Waals surface area contributed by atoms with Crippen LogP contribution in [0.15, 0.2) is 72.8 Å². The van der Waals surface area contributed by atoms with Gasteiger partial charge in [0.2, 0.25) is 0 Å². The van der Waals surface area contributed by atoms with Gasteiger partial charge in [-0.15, -0.1) is 0 Å². The van der Waals surface area contributed by atoms with Crippen LogP contribution in [0.3, 0.4) is 0 Å². The average Bonchev–Trinajstić information content (AvgIpc) is 2.74. The first-order chi connectivity index (χ1) is 15.6. The topological polar surface area (TPSA) is 76.0 Å². The molecule has 6 heteroatoms. The van der Waals surface area contributed by atoms with Crippen molar-refractivity contribution in [2.45, 2.75) is 45.8 Å². The predicted octanol–water partition coefficient (Wildman–Crippen LogP) is 4.74. The Morgan fingerprint density at radius 3 is 1.94 bits per heavy atom. The SMILES string of the molecule is Cc1cc(O)c(C(=O)O)c(OC(C)CO[Si](c2ccccc2)(c2ccccc2)C(C)(C)C)c1. The van der Waals surface area contributed by atoms with Crippen LogP contribution in [-0.4, -0.2) is 37.2 Å². The maximum absolute atomic E-state index is 11.7. The van der Waals surface area contributed by atoms with Crippen molar-refractivity contribution in [3.8, 4) is 11.5 Å². The number of benzene rings is 3. The molecule has 0 aliphatic carbocycles. The van der Waals surface area contributed by atoms with Gasteiger partial charge >= 0.3 is 5.97 Å². The minimum atomic E-state index is -2.73. The summed E-state index contributed by atoms with van der Waals surface area (Å²) in [7, 11) is -2.73. The second-order valence-corrected chi connectivity index (χ2v) is 13.7. The molecule has 0 heterocycles. The Hall–Kier alpha value is -3.09. The molecule has 3 aromatic carbocycles. The van der Waals surface area contributed by atoms with Crippen LogP contribution in [0.25, 0.3) is 0 Å². The minimum absolute atomic E-state index is 0.138. The van der Waals surface area contributed by atoms with Crippen LogP contribution in [0.2, 0.25) is 5.04 Å². The van der Waals surface area contributed by atoms with Crippen LogP contribution in [0.5, 0.6) is 11.5 Å². The van der Waals surface area contributed by atoms with E-state index in [0.29, 0.717) is 5.56 Å². The summed E-state index contributed by atoms with van der Waals surface area (Å²) in [6, 6.07) is 23.7. The van der Waals surface area contributed by atoms with E-state index < -0.39 is 20.4 Å². The average molecular weight is 465 g/mol. The van der Waals surface area contributed by atoms with Crippen LogP contribution in [0.4, 0.5) is 0 Å². The van der Waals surface area contributed by atoms with Gasteiger partial charge in [0.1, 0.15) is 23.2 Å². The monoisotopic (exact) mass is 464 g/mol. The van der Waals surface area contributed by atoms with Gasteiger partial charge in [-0.05, 0) is 47.0 Å². The lowest BCUT2D eigenvalue weighted by molar-refractivity contribution is 0.0681. The fourth-order valence-corrected chi connectivity index (χ4v) is 8.94. The fourth-order valence-electron chi connectivity index (χ4n) is 4.30. The summed E-state index contributed by atoms with van der Waals surface area (Å²) in [6.07, 6.45) is -0.439. The summed E-state index contributed by atoms with van der Waals surface area (Å²) >= 11 is 0. The van der Waals surface area contributed by atoms with Crippen molar-refractivity contribution in [1.82, 2.24) is 0 Å². The van der Waals surface area contributed by atoms with E-state index in [2.05, 4.69) is 45.0 Å². The molecule has 0 radical (unpaired) electrons. The zero-order valence-corrected chi connectivity index (χ0v) is 20.8. The number of aromatic hydroxyl groups is 1. The van der Waals surface area contributed by atoms with E-state index in [1.54, 1.807) is 13.0 Å². The Labute approximate surface area is 196 Å². The largest absolute Gasteiger partial charge is 0.507 e. The zero-order valence-electron chi connectivity index (χ0n) is 19.8. The van der Waals surface area contributed by atoms with E-state index in [0.717, 1.165) is 10.4 Å². The van der Waals surface area contributed by atoms with Crippen molar-refractivity contribution in [3.63, 3.8) is 0 Å². The van der Waals surface area contributed by atoms with Crippen LogP contribution in [0.1, 0.15) is 43.6 Å². The van der Waals surface area contributed by atoms with Gasteiger partial charge in [-0.25, -0.2) is 4.79 Å². The molecule has 0 aliphatic heterocycles. The van der Waals surface area contributed by atoms with E-state index in [1.807, 2.05) is 43.3 Å². The number of carboxylic acids is 1. The molecule has 0 fully saturated rings. The number of hydrogen-bond donors (Lipinski definition) is 2. The molecule has 0 spiro atoms. The molecule has 0 saturated carbocycles. The van der Waals surface area contributed by atoms with E-state index in [4.69, 9.17) is 9.16 Å². The number of aromatic carboxylic acids is 1. The molecule has 0 aliphatic rings. The molecule has 5 nitrogen and oxygen atoms in total. The van der Waals surface area contributed by atoms with Crippen LogP contribution >= 0.6 is 0 Å². The lowest BCUT2D eigenvalue weighted by atomic mass is 10.1. The minimum Gasteiger partial charge on any atom is -0.507 e. The third kappa shape index (κ3) is 5.12. The molecule has 0 amide bonds. The van der Waals surface area contributed by atoms with Gasteiger partial charge in [0.15, 0.2) is 0 Å². The quantitative estimate of drug-likeness (QED) is 0.471. The van der Waals surface area contributed by atoms with Gasteiger partial charge in [-0.3, -0.25) is 0 Å². The van der Waals surface area contributed by atoms with Gasteiger partial charge in [0.25, 0.3) is 8.32 Å². The normalized spacial score (nSPS) is 12.9. The molecule has 174 valence electrons. The highest BCUT2D eigenvalue weighted by atomic mass is 28.4. The summed E-state index contributed by atoms with van der Waals surface area (Å²) in [5, 5.41) is 21.8. The molecule has 0 saturated heterocycles. The smallest absolute Gasteiger partial charge is 0.343 e. The lowest BCUT2D eigenvalue weighted by Crippen LogP contribution is -2.67. The summed E-state index contributed by atoms with van der Waals surface area (Å²) in [5.74, 6) is -1.40. The second-order valence-electron chi connectivity index (χ2n) is 9.37. The van der Waals surface area contributed by atoms with E-state index in [1.165, 1.54) is 6.07 Å². The van der Waals surface area contributed by atoms with Crippen molar-refractivity contribution in [3.05, 3.63) is 83.9 Å². The van der Waals surface area contributed by atoms with Gasteiger partial charge in [-0.1, -0.05) is 81.4 Å². The van der Waals surface area contributed by atoms with E-state index >= 15 is 0 Å². The molecule has 1 unspecified atom stereocenters. The Morgan fingerprint density at radius 1 is 0.970 bits per heavy atom. The highest BCUT2D eigenvalue weighted by molar-refractivity contribution is 6.99. The van der Waals surface area contributed by atoms with Crippen LogP contribution < -0.4 is 15.1 Å². The third-order valence-electron chi connectivity index (χ3n) is 5.72. The zero-order chi connectivity index (χ0) is 24.2. The van der Waals surface area contributed by atoms with Crippen LogP contribution in [0, 0.1) is 6.92 Å². The van der Waals surface area contributed by atoms with Crippen molar-refractivity contribution in [1.29, 1.82) is 0 Å². The maximum atomic E-state index is 11.7. The molecule has 0 aromatic heterocycles. The number of rotatable bonds is 8. The number of ether oxygens (including phenoxy) is 1. The molecular weight excluding hydrogens is 432 g/mol. The number of carboxylic acid groups (broad SMARTS) is 1. The van der Waals surface area contributed by atoms with Crippen LogP contribution in [-0.2, 0) is 4.43 Å². The van der Waals surface area contributed by atoms with E-state index in [-0.39, 0.29) is 28.7 Å². The standard InChI is InChI=1S/C27H32O5Si/c1-19-16-23(28)25(26(29)30)24(17-19)32-20(2)18-31-33(27(3,4)5,21-12-8-6-9-13-21)22-14-10-7-11-15-22/h6-17,20,28H,18H2,1-5H3,(H,29,30). The van der Waals surface area contributed by atoms with Gasteiger partial charge in [-0.2, -0.15) is 0 Å². The molecule has 3 aromatic rings. The molecular formula is C27H32O5Si. The summed E-state index contributed by atoms with van der Waals surface area (Å²) in [6.45, 7) is 10.5. The Bertz CT molecular complexity index is 1050. The second kappa shape index (κ2) is 9.81. The molecule has 3 rings (SSSR count). The summed E-state index contributed by atoms with van der Waals surface area (Å²) in [5.41, 5.74) is 0.477. The number of phenols is 1. The Kier molecular flexibility index (Phi) is 7.30. The van der Waals surface area contributed by atoms with Gasteiger partial charge in [0, 0.05) is 0 Å². The first-order valence-electron chi connectivity index (χ1n) is 11.0. The van der Waals surface area contributed by atoms with E-state index in [9.17, 15) is 15.0 Å². The summed E-state index contributed by atoms with van der Waals surface area (Å²) in [4.78, 5) is 11.7. The lowest BCUT2D eigenvalue weighted by Gasteiger charge is -2.43. The van der Waals surface area contributed by atoms with Crippen molar-refractivity contribution in [2.75, 3.05) is 6.61 Å². The van der Waals surface area contributed by atoms with Crippen molar-refractivity contribution < 1.29 is 24.2 Å². The number of hydrogen-bond acceptors (Lipinski definition) is 4. The van der Waals surface area contributed by atoms with Crippen molar-refractivity contribution in [2.24, 2.45) is 0 Å². The Morgan fingerprint density at radius 2 is 1.48 bits per heavy atom.